The molecule has 0 aliphatic carbocycles. The number of ether oxygens (including phenoxy) is 2. The first-order chi connectivity index (χ1) is 18.4. The van der Waals surface area contributed by atoms with Gasteiger partial charge in [0.25, 0.3) is 0 Å². The van der Waals surface area contributed by atoms with E-state index in [2.05, 4.69) is 9.80 Å². The lowest BCUT2D eigenvalue weighted by molar-refractivity contribution is -0.141. The Morgan fingerprint density at radius 2 is 1.87 bits per heavy atom. The number of hydrogen-bond donors (Lipinski definition) is 0. The first-order valence-corrected chi connectivity index (χ1v) is 15.2. The molecule has 206 valence electrons. The number of esters is 1. The van der Waals surface area contributed by atoms with Crippen LogP contribution in [0.3, 0.4) is 0 Å². The summed E-state index contributed by atoms with van der Waals surface area (Å²) in [7, 11) is 0. The molecule has 2 aromatic carbocycles. The molecule has 1 saturated heterocycles. The minimum absolute atomic E-state index is 0.0377. The zero-order valence-corrected chi connectivity index (χ0v) is 24.3. The molecule has 10 heteroatoms. The summed E-state index contributed by atoms with van der Waals surface area (Å²) in [5, 5.41) is 1.22. The smallest absolute Gasteiger partial charge is 0.317 e. The molecule has 2 aliphatic rings. The highest BCUT2D eigenvalue weighted by Crippen LogP contribution is 2.34. The van der Waals surface area contributed by atoms with Crippen LogP contribution in [-0.4, -0.2) is 74.8 Å². The summed E-state index contributed by atoms with van der Waals surface area (Å²) in [6.45, 7) is 7.26. The quantitative estimate of drug-likeness (QED) is 0.262. The van der Waals surface area contributed by atoms with Crippen molar-refractivity contribution in [3.05, 3.63) is 52.0 Å². The zero-order valence-electron chi connectivity index (χ0n) is 22.0. The van der Waals surface area contributed by atoms with Gasteiger partial charge in [-0.3, -0.25) is 19.4 Å². The molecular weight excluding hydrogens is 545 g/mol. The van der Waals surface area contributed by atoms with Crippen LogP contribution in [0.5, 0.6) is 5.75 Å². The van der Waals surface area contributed by atoms with Crippen molar-refractivity contribution in [2.45, 2.75) is 26.2 Å². The van der Waals surface area contributed by atoms with Crippen molar-refractivity contribution < 1.29 is 19.1 Å². The molecule has 1 amide bonds. The van der Waals surface area contributed by atoms with E-state index in [4.69, 9.17) is 32.7 Å². The fourth-order valence-electron chi connectivity index (χ4n) is 4.86. The Bertz CT molecular complexity index is 1130. The van der Waals surface area contributed by atoms with Gasteiger partial charge in [0, 0.05) is 38.2 Å². The predicted molar refractivity (Wildman–Crippen MR) is 156 cm³/mol. The number of rotatable bonds is 11. The standard InChI is InChI=1S/C28H35Cl2N3O4S/c1-20-16-21-8-9-22(17-25(21)33(28(20)35)19-37-26(34)18-38-2)36-15-4-3-10-31-11-13-32(14-12-31)24-7-5-6-23(29)27(24)30/h5-9,17,20H,3-4,10-16,18-19H2,1-2H3. The van der Waals surface area contributed by atoms with Gasteiger partial charge in [0.05, 0.1) is 33.8 Å². The Hall–Kier alpha value is -2.13. The van der Waals surface area contributed by atoms with Gasteiger partial charge in [-0.1, -0.05) is 42.3 Å². The second-order valence-electron chi connectivity index (χ2n) is 9.70. The van der Waals surface area contributed by atoms with E-state index in [1.807, 2.05) is 49.6 Å². The highest BCUT2D eigenvalue weighted by molar-refractivity contribution is 7.99. The number of carbonyl (C=O) groups excluding carboxylic acids is 2. The number of fused-ring (bicyclic) bond motifs is 1. The molecule has 1 unspecified atom stereocenters. The molecule has 2 aromatic rings. The molecule has 0 N–H and O–H groups in total. The second kappa shape index (κ2) is 13.8. The summed E-state index contributed by atoms with van der Waals surface area (Å²) >= 11 is 14.0. The fourth-order valence-corrected chi connectivity index (χ4v) is 5.60. The van der Waals surface area contributed by atoms with Crippen LogP contribution in [-0.2, 0) is 20.7 Å². The molecule has 7 nitrogen and oxygen atoms in total. The van der Waals surface area contributed by atoms with Crippen LogP contribution >= 0.6 is 35.0 Å². The maximum absolute atomic E-state index is 12.8. The Labute approximate surface area is 239 Å². The predicted octanol–water partition coefficient (Wildman–Crippen LogP) is 5.36. The van der Waals surface area contributed by atoms with Gasteiger partial charge in [0.15, 0.2) is 6.73 Å². The largest absolute Gasteiger partial charge is 0.494 e. The van der Waals surface area contributed by atoms with E-state index in [9.17, 15) is 9.59 Å². The Morgan fingerprint density at radius 1 is 1.08 bits per heavy atom. The fraction of sp³-hybridized carbons (Fsp3) is 0.500. The monoisotopic (exact) mass is 579 g/mol. The molecule has 0 spiro atoms. The topological polar surface area (TPSA) is 62.3 Å². The summed E-state index contributed by atoms with van der Waals surface area (Å²) in [6, 6.07) is 11.6. The van der Waals surface area contributed by atoms with Crippen molar-refractivity contribution >= 4 is 58.2 Å². The Morgan fingerprint density at radius 3 is 2.63 bits per heavy atom. The van der Waals surface area contributed by atoms with Gasteiger partial charge >= 0.3 is 5.97 Å². The molecule has 2 aliphatic heterocycles. The summed E-state index contributed by atoms with van der Waals surface area (Å²) < 4.78 is 11.4. The van der Waals surface area contributed by atoms with Crippen LogP contribution in [0.1, 0.15) is 25.3 Å². The summed E-state index contributed by atoms with van der Waals surface area (Å²) in [4.78, 5) is 31.0. The first kappa shape index (κ1) is 28.9. The summed E-state index contributed by atoms with van der Waals surface area (Å²) in [5.74, 6) is 0.465. The van der Waals surface area contributed by atoms with Crippen molar-refractivity contribution in [1.82, 2.24) is 4.90 Å². The lowest BCUT2D eigenvalue weighted by Gasteiger charge is -2.36. The van der Waals surface area contributed by atoms with Crippen molar-refractivity contribution in [3.63, 3.8) is 0 Å². The maximum atomic E-state index is 12.8. The normalized spacial score (nSPS) is 17.9. The number of thioether (sulfide) groups is 1. The number of anilines is 2. The molecule has 2 heterocycles. The zero-order chi connectivity index (χ0) is 27.1. The third-order valence-electron chi connectivity index (χ3n) is 6.96. The van der Waals surface area contributed by atoms with Crippen molar-refractivity contribution in [3.8, 4) is 5.75 Å². The van der Waals surface area contributed by atoms with Crippen molar-refractivity contribution in [1.29, 1.82) is 0 Å². The number of hydrogen-bond acceptors (Lipinski definition) is 7. The number of nitrogens with zero attached hydrogens (tertiary/aromatic N) is 3. The van der Waals surface area contributed by atoms with Crippen LogP contribution < -0.4 is 14.5 Å². The Kier molecular flexibility index (Phi) is 10.5. The average Bonchev–Trinajstić information content (AvgIpc) is 2.91. The Balaban J connectivity index is 1.22. The van der Waals surface area contributed by atoms with E-state index in [-0.39, 0.29) is 30.3 Å². The van der Waals surface area contributed by atoms with E-state index in [1.165, 1.54) is 11.8 Å². The number of amides is 1. The highest BCUT2D eigenvalue weighted by Gasteiger charge is 2.31. The summed E-state index contributed by atoms with van der Waals surface area (Å²) in [6.07, 6.45) is 4.48. The number of halogens is 2. The summed E-state index contributed by atoms with van der Waals surface area (Å²) in [5.41, 5.74) is 2.83. The SMILES string of the molecule is CSCC(=O)OCN1C(=O)C(C)Cc2ccc(OCCCCN3CCN(c4cccc(Cl)c4Cl)CC3)cc21. The molecule has 0 saturated carbocycles. The van der Waals surface area contributed by atoms with Gasteiger partial charge in [-0.2, -0.15) is 11.8 Å². The van der Waals surface area contributed by atoms with Crippen molar-refractivity contribution in [2.24, 2.45) is 5.92 Å². The molecular formula is C28H35Cl2N3O4S. The van der Waals surface area contributed by atoms with Gasteiger partial charge in [-0.05, 0) is 55.8 Å². The van der Waals surface area contributed by atoms with Crippen LogP contribution in [0, 0.1) is 5.92 Å². The van der Waals surface area contributed by atoms with Crippen LogP contribution in [0.4, 0.5) is 11.4 Å². The van der Waals surface area contributed by atoms with Gasteiger partial charge in [-0.25, -0.2) is 0 Å². The van der Waals surface area contributed by atoms with Gasteiger partial charge in [0.1, 0.15) is 5.75 Å². The van der Waals surface area contributed by atoms with Gasteiger partial charge in [0.2, 0.25) is 5.91 Å². The van der Waals surface area contributed by atoms with Crippen LogP contribution in [0.25, 0.3) is 0 Å². The minimum Gasteiger partial charge on any atom is -0.494 e. The highest BCUT2D eigenvalue weighted by atomic mass is 35.5. The molecule has 0 bridgehead atoms. The molecule has 38 heavy (non-hydrogen) atoms. The molecule has 4 rings (SSSR count). The van der Waals surface area contributed by atoms with E-state index in [0.29, 0.717) is 23.1 Å². The minimum atomic E-state index is -0.327. The van der Waals surface area contributed by atoms with E-state index in [0.717, 1.165) is 68.3 Å². The first-order valence-electron chi connectivity index (χ1n) is 13.0. The third kappa shape index (κ3) is 7.29. The van der Waals surface area contributed by atoms with E-state index in [1.54, 1.807) is 4.90 Å². The van der Waals surface area contributed by atoms with Gasteiger partial charge in [-0.15, -0.1) is 0 Å². The maximum Gasteiger partial charge on any atom is 0.317 e. The van der Waals surface area contributed by atoms with E-state index < -0.39 is 0 Å². The van der Waals surface area contributed by atoms with Crippen LogP contribution in [0.2, 0.25) is 10.0 Å². The van der Waals surface area contributed by atoms with Gasteiger partial charge < -0.3 is 14.4 Å². The van der Waals surface area contributed by atoms with Crippen LogP contribution in [0.15, 0.2) is 36.4 Å². The van der Waals surface area contributed by atoms with Crippen molar-refractivity contribution in [2.75, 3.05) is 67.9 Å². The molecule has 0 radical (unpaired) electrons. The molecule has 0 aromatic heterocycles. The third-order valence-corrected chi connectivity index (χ3v) is 8.29. The number of unbranched alkanes of at least 4 members (excludes halogenated alkanes) is 1. The lowest BCUT2D eigenvalue weighted by Crippen LogP contribution is -2.46. The molecule has 1 fully saturated rings. The number of piperazine rings is 1. The number of carbonyl (C=O) groups is 2. The number of benzene rings is 2. The second-order valence-corrected chi connectivity index (χ2v) is 11.3. The van der Waals surface area contributed by atoms with E-state index >= 15 is 0 Å². The lowest BCUT2D eigenvalue weighted by atomic mass is 9.93. The molecule has 1 atom stereocenters. The average molecular weight is 581 g/mol.